The number of carbonyl (C=O) groups is 1. The Hall–Kier alpha value is -1.95. The van der Waals surface area contributed by atoms with Gasteiger partial charge in [0.15, 0.2) is 8.93 Å². The SMILES string of the molecule is N#C/C(C(=O)c1ccccc1Cl)=C1\C(c2cnc(Cl)s2)CCN1Cc1cnc(Cl)s1. The number of Topliss-reactive ketones (excluding diaryl/α,β-unsaturated/α-hetero) is 1. The van der Waals surface area contributed by atoms with E-state index in [1.165, 1.54) is 22.7 Å². The molecule has 1 unspecified atom stereocenters. The van der Waals surface area contributed by atoms with Crippen molar-refractivity contribution in [3.63, 3.8) is 0 Å². The number of ketones is 1. The minimum atomic E-state index is -0.395. The molecule has 0 bridgehead atoms. The van der Waals surface area contributed by atoms with Crippen molar-refractivity contribution in [3.05, 3.63) is 77.2 Å². The van der Waals surface area contributed by atoms with Crippen LogP contribution in [0.1, 0.15) is 32.5 Å². The molecule has 0 N–H and O–H groups in total. The molecular weight excluding hydrogens is 483 g/mol. The summed E-state index contributed by atoms with van der Waals surface area (Å²) in [6.07, 6.45) is 4.16. The first-order valence-electron chi connectivity index (χ1n) is 8.87. The van der Waals surface area contributed by atoms with Crippen LogP contribution in [0.4, 0.5) is 0 Å². The molecule has 2 aromatic heterocycles. The molecule has 0 radical (unpaired) electrons. The van der Waals surface area contributed by atoms with Crippen LogP contribution in [0.25, 0.3) is 0 Å². The maximum absolute atomic E-state index is 13.3. The van der Waals surface area contributed by atoms with E-state index < -0.39 is 5.78 Å². The Labute approximate surface area is 196 Å². The Balaban J connectivity index is 1.81. The average molecular weight is 496 g/mol. The van der Waals surface area contributed by atoms with Crippen LogP contribution in [0.15, 0.2) is 47.9 Å². The summed E-state index contributed by atoms with van der Waals surface area (Å²) in [5.74, 6) is -0.549. The summed E-state index contributed by atoms with van der Waals surface area (Å²) in [5.41, 5.74) is 1.04. The standard InChI is InChI=1S/C20H13Cl3N4OS2/c21-15-4-2-1-3-12(15)18(28)14(7-24)17-13(16-9-26-20(23)30-16)5-6-27(17)10-11-8-25-19(22)29-11/h1-4,8-9,13H,5-6,10H2/b17-14-. The molecule has 1 aliphatic heterocycles. The van der Waals surface area contributed by atoms with E-state index in [-0.39, 0.29) is 11.5 Å². The zero-order valence-corrected chi connectivity index (χ0v) is 19.2. The number of allylic oxidation sites excluding steroid dienone is 2. The Morgan fingerprint density at radius 2 is 1.90 bits per heavy atom. The highest BCUT2D eigenvalue weighted by atomic mass is 35.5. The normalized spacial score (nSPS) is 17.8. The van der Waals surface area contributed by atoms with Crippen LogP contribution in [0.2, 0.25) is 14.0 Å². The number of aromatic nitrogens is 2. The maximum Gasteiger partial charge on any atom is 0.206 e. The third-order valence-corrected chi connectivity index (χ3v) is 7.44. The lowest BCUT2D eigenvalue weighted by atomic mass is 9.95. The van der Waals surface area contributed by atoms with Gasteiger partial charge in [-0.15, -0.1) is 22.7 Å². The first kappa shape index (κ1) is 21.3. The lowest BCUT2D eigenvalue weighted by molar-refractivity contribution is 0.103. The van der Waals surface area contributed by atoms with Gasteiger partial charge in [-0.25, -0.2) is 9.97 Å². The molecule has 1 aliphatic rings. The van der Waals surface area contributed by atoms with Gasteiger partial charge in [0.1, 0.15) is 11.6 Å². The van der Waals surface area contributed by atoms with E-state index in [1.807, 2.05) is 4.90 Å². The van der Waals surface area contributed by atoms with Crippen molar-refractivity contribution in [1.29, 1.82) is 5.26 Å². The van der Waals surface area contributed by atoms with Gasteiger partial charge in [-0.05, 0) is 18.6 Å². The molecule has 3 heterocycles. The molecule has 4 rings (SSSR count). The minimum Gasteiger partial charge on any atom is -0.368 e. The van der Waals surface area contributed by atoms with Gasteiger partial charge in [-0.3, -0.25) is 4.79 Å². The first-order valence-corrected chi connectivity index (χ1v) is 11.6. The third kappa shape index (κ3) is 4.25. The van der Waals surface area contributed by atoms with Crippen molar-refractivity contribution in [2.24, 2.45) is 0 Å². The van der Waals surface area contributed by atoms with Crippen LogP contribution >= 0.6 is 57.5 Å². The predicted octanol–water partition coefficient (Wildman–Crippen LogP) is 6.21. The van der Waals surface area contributed by atoms with Gasteiger partial charge in [0.2, 0.25) is 5.78 Å². The highest BCUT2D eigenvalue weighted by molar-refractivity contribution is 7.16. The summed E-state index contributed by atoms with van der Waals surface area (Å²) in [5, 5.41) is 10.3. The number of rotatable bonds is 5. The molecule has 0 amide bonds. The van der Waals surface area contributed by atoms with Crippen LogP contribution < -0.4 is 0 Å². The summed E-state index contributed by atoms with van der Waals surface area (Å²) in [7, 11) is 0. The average Bonchev–Trinajstić information content (AvgIpc) is 3.44. The van der Waals surface area contributed by atoms with Crippen molar-refractivity contribution in [3.8, 4) is 6.07 Å². The molecule has 0 aliphatic carbocycles. The summed E-state index contributed by atoms with van der Waals surface area (Å²) in [4.78, 5) is 25.4. The number of thiazole rings is 2. The Morgan fingerprint density at radius 1 is 1.17 bits per heavy atom. The molecule has 0 saturated carbocycles. The summed E-state index contributed by atoms with van der Waals surface area (Å²) < 4.78 is 0.876. The summed E-state index contributed by atoms with van der Waals surface area (Å²) in [6.45, 7) is 1.18. The molecule has 3 aromatic rings. The van der Waals surface area contributed by atoms with Gasteiger partial charge < -0.3 is 4.90 Å². The van der Waals surface area contributed by atoms with Gasteiger partial charge in [0, 0.05) is 45.9 Å². The van der Waals surface area contributed by atoms with Crippen molar-refractivity contribution in [1.82, 2.24) is 14.9 Å². The third-order valence-electron chi connectivity index (χ3n) is 4.78. The summed E-state index contributed by atoms with van der Waals surface area (Å²) in [6, 6.07) is 8.88. The number of nitrogens with zero attached hydrogens (tertiary/aromatic N) is 4. The highest BCUT2D eigenvalue weighted by Crippen LogP contribution is 2.43. The first-order chi connectivity index (χ1) is 14.5. The number of nitriles is 1. The van der Waals surface area contributed by atoms with Gasteiger partial charge in [-0.1, -0.05) is 46.9 Å². The molecule has 1 fully saturated rings. The monoisotopic (exact) mass is 494 g/mol. The van der Waals surface area contributed by atoms with Crippen molar-refractivity contribution < 1.29 is 4.79 Å². The number of likely N-dealkylation sites (tertiary alicyclic amines) is 1. The van der Waals surface area contributed by atoms with Gasteiger partial charge in [0.05, 0.1) is 11.6 Å². The number of carbonyl (C=O) groups excluding carboxylic acids is 1. The molecule has 30 heavy (non-hydrogen) atoms. The van der Waals surface area contributed by atoms with Gasteiger partial charge in [-0.2, -0.15) is 5.26 Å². The second-order valence-corrected chi connectivity index (χ2v) is 10.3. The fourth-order valence-electron chi connectivity index (χ4n) is 3.51. The van der Waals surface area contributed by atoms with Crippen LogP contribution in [0.5, 0.6) is 0 Å². The lowest BCUT2D eigenvalue weighted by Crippen LogP contribution is -2.21. The summed E-state index contributed by atoms with van der Waals surface area (Å²) >= 11 is 21.0. The van der Waals surface area contributed by atoms with Gasteiger partial charge >= 0.3 is 0 Å². The largest absolute Gasteiger partial charge is 0.368 e. The maximum atomic E-state index is 13.3. The Bertz CT molecular complexity index is 1180. The van der Waals surface area contributed by atoms with E-state index in [4.69, 9.17) is 34.8 Å². The minimum absolute atomic E-state index is 0.0748. The topological polar surface area (TPSA) is 69.9 Å². The van der Waals surface area contributed by atoms with Crippen molar-refractivity contribution >= 4 is 63.3 Å². The van der Waals surface area contributed by atoms with E-state index in [2.05, 4.69) is 16.0 Å². The van der Waals surface area contributed by atoms with Crippen LogP contribution in [-0.4, -0.2) is 27.2 Å². The molecule has 1 aromatic carbocycles. The predicted molar refractivity (Wildman–Crippen MR) is 120 cm³/mol. The number of hydrogen-bond acceptors (Lipinski definition) is 7. The Morgan fingerprint density at radius 3 is 2.53 bits per heavy atom. The van der Waals surface area contributed by atoms with Crippen LogP contribution in [-0.2, 0) is 6.54 Å². The van der Waals surface area contributed by atoms with Crippen LogP contribution in [0, 0.1) is 11.3 Å². The van der Waals surface area contributed by atoms with Crippen molar-refractivity contribution in [2.75, 3.05) is 6.54 Å². The second-order valence-electron chi connectivity index (χ2n) is 6.54. The molecule has 1 atom stereocenters. The smallest absolute Gasteiger partial charge is 0.206 e. The molecular formula is C20H13Cl3N4OS2. The van der Waals surface area contributed by atoms with E-state index in [1.54, 1.807) is 36.7 Å². The van der Waals surface area contributed by atoms with E-state index in [0.717, 1.165) is 16.2 Å². The fourth-order valence-corrected chi connectivity index (χ4v) is 5.82. The molecule has 5 nitrogen and oxygen atoms in total. The van der Waals surface area contributed by atoms with E-state index >= 15 is 0 Å². The zero-order chi connectivity index (χ0) is 21.3. The van der Waals surface area contributed by atoms with E-state index in [0.29, 0.717) is 38.3 Å². The fraction of sp³-hybridized carbons (Fsp3) is 0.200. The highest BCUT2D eigenvalue weighted by Gasteiger charge is 2.36. The molecule has 0 spiro atoms. The van der Waals surface area contributed by atoms with E-state index in [9.17, 15) is 10.1 Å². The molecule has 152 valence electrons. The molecule has 10 heteroatoms. The van der Waals surface area contributed by atoms with Crippen LogP contribution in [0.3, 0.4) is 0 Å². The zero-order valence-electron chi connectivity index (χ0n) is 15.3. The Kier molecular flexibility index (Phi) is 6.42. The van der Waals surface area contributed by atoms with Gasteiger partial charge in [0.25, 0.3) is 0 Å². The number of hydrogen-bond donors (Lipinski definition) is 0. The van der Waals surface area contributed by atoms with Crippen molar-refractivity contribution in [2.45, 2.75) is 18.9 Å². The second kappa shape index (κ2) is 9.04. The number of halogens is 3. The quantitative estimate of drug-likeness (QED) is 0.239. The lowest BCUT2D eigenvalue weighted by Gasteiger charge is -2.23. The molecule has 1 saturated heterocycles. The number of benzene rings is 1.